The molecule has 0 saturated carbocycles. The van der Waals surface area contributed by atoms with E-state index in [0.29, 0.717) is 0 Å². The van der Waals surface area contributed by atoms with Crippen molar-refractivity contribution in [1.82, 2.24) is 0 Å². The molecule has 6 N–H and O–H groups in total. The molecule has 3 aromatic carbocycles. The second-order valence-corrected chi connectivity index (χ2v) is 6.56. The van der Waals surface area contributed by atoms with Gasteiger partial charge in [0.25, 0.3) is 0 Å². The van der Waals surface area contributed by atoms with Gasteiger partial charge in [0.15, 0.2) is 0 Å². The summed E-state index contributed by atoms with van der Waals surface area (Å²) in [6.45, 7) is 0. The van der Waals surface area contributed by atoms with Crippen molar-refractivity contribution in [2.45, 2.75) is 0 Å². The van der Waals surface area contributed by atoms with E-state index in [2.05, 4.69) is 0 Å². The van der Waals surface area contributed by atoms with Gasteiger partial charge in [-0.05, 0) is 72.8 Å². The fourth-order valence-electron chi connectivity index (χ4n) is 2.27. The average molecular weight is 802 g/mol. The zero-order valence-electron chi connectivity index (χ0n) is 18.8. The van der Waals surface area contributed by atoms with Crippen LogP contribution in [0.1, 0.15) is 62.1 Å². The van der Waals surface area contributed by atoms with Gasteiger partial charge in [-0.2, -0.15) is 0 Å². The van der Waals surface area contributed by atoms with E-state index in [9.17, 15) is 28.8 Å². The number of aromatic carboxylic acids is 6. The van der Waals surface area contributed by atoms with E-state index in [0.717, 1.165) is 0 Å². The Hall–Kier alpha value is -2.35. The number of carboxylic acid groups (broad SMARTS) is 6. The SMILES string of the molecule is O=C(O)c1ccc(C(=O)O)cc1.O=C(O)c1ccc(C(=O)O)cc1.O=C(O)c1ccc(C(=O)O)cc1.[Eu].[Eu]. The summed E-state index contributed by atoms with van der Waals surface area (Å²) in [4.78, 5) is 62.0. The summed E-state index contributed by atoms with van der Waals surface area (Å²) in [7, 11) is 0. The van der Waals surface area contributed by atoms with E-state index in [1.807, 2.05) is 0 Å². The molecule has 0 aromatic heterocycles. The molecule has 12 nitrogen and oxygen atoms in total. The van der Waals surface area contributed by atoms with Crippen LogP contribution >= 0.6 is 0 Å². The summed E-state index contributed by atoms with van der Waals surface area (Å²) in [6, 6.07) is 15.1. The normalized spacial score (nSPS) is 8.84. The van der Waals surface area contributed by atoms with Gasteiger partial charge in [0.1, 0.15) is 0 Å². The van der Waals surface area contributed by atoms with Crippen LogP contribution < -0.4 is 0 Å². The van der Waals surface area contributed by atoms with Crippen LogP contribution in [0.2, 0.25) is 0 Å². The maximum atomic E-state index is 10.3. The third-order valence-corrected chi connectivity index (χ3v) is 4.14. The molecule has 38 heavy (non-hydrogen) atoms. The number of carboxylic acids is 6. The largest absolute Gasteiger partial charge is 0.478 e. The third-order valence-electron chi connectivity index (χ3n) is 4.14. The molecule has 0 saturated heterocycles. The maximum absolute atomic E-state index is 10.3. The number of hydrogen-bond donors (Lipinski definition) is 6. The summed E-state index contributed by atoms with van der Waals surface area (Å²) >= 11 is 0. The minimum Gasteiger partial charge on any atom is -0.478 e. The molecule has 3 aromatic rings. The standard InChI is InChI=1S/3C8H6O4.2Eu/c3*9-7(10)5-1-2-6(4-3-5)8(11)12;;/h3*1-4H,(H,9,10)(H,11,12);;. The van der Waals surface area contributed by atoms with Crippen LogP contribution in [0.15, 0.2) is 72.8 Å². The summed E-state index contributed by atoms with van der Waals surface area (Å²) < 4.78 is 0. The Kier molecular flexibility index (Phi) is 18.7. The van der Waals surface area contributed by atoms with E-state index >= 15 is 0 Å². The molecule has 3 rings (SSSR count). The fraction of sp³-hybridized carbons (Fsp3) is 0. The first kappa shape index (κ1) is 37.8. The predicted molar refractivity (Wildman–Crippen MR) is 121 cm³/mol. The van der Waals surface area contributed by atoms with Crippen molar-refractivity contribution in [2.24, 2.45) is 0 Å². The van der Waals surface area contributed by atoms with Crippen LogP contribution in [0.3, 0.4) is 0 Å². The van der Waals surface area contributed by atoms with Crippen LogP contribution in [0.5, 0.6) is 0 Å². The van der Waals surface area contributed by atoms with Crippen molar-refractivity contribution in [3.63, 3.8) is 0 Å². The molecular formula is C24H18Eu2O12. The monoisotopic (exact) mass is 804 g/mol. The van der Waals surface area contributed by atoms with E-state index in [4.69, 9.17) is 30.6 Å². The van der Waals surface area contributed by atoms with Crippen molar-refractivity contribution in [3.05, 3.63) is 106 Å². The number of hydrogen-bond acceptors (Lipinski definition) is 6. The molecule has 0 unspecified atom stereocenters. The molecule has 200 valence electrons. The van der Waals surface area contributed by atoms with Gasteiger partial charge >= 0.3 is 35.8 Å². The van der Waals surface area contributed by atoms with Gasteiger partial charge in [-0.1, -0.05) is 0 Å². The topological polar surface area (TPSA) is 224 Å². The second kappa shape index (κ2) is 18.8. The smallest absolute Gasteiger partial charge is 0.335 e. The molecule has 0 heterocycles. The van der Waals surface area contributed by atoms with Crippen molar-refractivity contribution >= 4 is 35.8 Å². The molecule has 0 aliphatic heterocycles. The van der Waals surface area contributed by atoms with Crippen molar-refractivity contribution < 1.29 is 158 Å². The molecule has 0 amide bonds. The summed E-state index contributed by atoms with van der Waals surface area (Å²) in [5.74, 6) is -6.38. The maximum Gasteiger partial charge on any atom is 0.335 e. The minimum atomic E-state index is -1.06. The van der Waals surface area contributed by atoms with Gasteiger partial charge in [0.05, 0.1) is 33.4 Å². The van der Waals surface area contributed by atoms with Gasteiger partial charge in [-0.15, -0.1) is 0 Å². The zero-order chi connectivity index (χ0) is 27.4. The van der Waals surface area contributed by atoms with Crippen LogP contribution in [0, 0.1) is 98.8 Å². The Bertz CT molecular complexity index is 1010. The van der Waals surface area contributed by atoms with Crippen molar-refractivity contribution in [2.75, 3.05) is 0 Å². The number of rotatable bonds is 6. The molecule has 2 radical (unpaired) electrons. The number of carbonyl (C=O) groups is 6. The molecule has 0 atom stereocenters. The zero-order valence-corrected chi connectivity index (χ0v) is 23.7. The molecule has 0 bridgehead atoms. The minimum absolute atomic E-state index is 0. The van der Waals surface area contributed by atoms with E-state index < -0.39 is 35.8 Å². The van der Waals surface area contributed by atoms with E-state index in [1.54, 1.807) is 0 Å². The summed E-state index contributed by atoms with van der Waals surface area (Å²) in [6.07, 6.45) is 0. The first-order valence-electron chi connectivity index (χ1n) is 9.53. The molecular weight excluding hydrogens is 784 g/mol. The quantitative estimate of drug-likeness (QED) is 0.212. The van der Waals surface area contributed by atoms with E-state index in [1.165, 1.54) is 72.8 Å². The average Bonchev–Trinajstić information content (AvgIpc) is 2.84. The predicted octanol–water partition coefficient (Wildman–Crippen LogP) is 3.25. The van der Waals surface area contributed by atoms with Gasteiger partial charge < -0.3 is 30.6 Å². The first-order valence-corrected chi connectivity index (χ1v) is 9.53. The number of benzene rings is 3. The first-order chi connectivity index (χ1) is 16.8. The van der Waals surface area contributed by atoms with Gasteiger partial charge in [0, 0.05) is 98.8 Å². The summed E-state index contributed by atoms with van der Waals surface area (Å²) in [5, 5.41) is 50.8. The molecule has 14 heteroatoms. The molecule has 0 aliphatic rings. The third kappa shape index (κ3) is 13.4. The van der Waals surface area contributed by atoms with Crippen LogP contribution in [-0.2, 0) is 0 Å². The second-order valence-electron chi connectivity index (χ2n) is 6.56. The van der Waals surface area contributed by atoms with Crippen LogP contribution in [-0.4, -0.2) is 66.5 Å². The Morgan fingerprint density at radius 1 is 0.289 bits per heavy atom. The van der Waals surface area contributed by atoms with Gasteiger partial charge in [-0.3, -0.25) is 0 Å². The van der Waals surface area contributed by atoms with Crippen LogP contribution in [0.25, 0.3) is 0 Å². The van der Waals surface area contributed by atoms with Crippen molar-refractivity contribution in [3.8, 4) is 0 Å². The summed E-state index contributed by atoms with van der Waals surface area (Å²) in [5.41, 5.74) is 0.500. The Labute approximate surface area is 296 Å². The Morgan fingerprint density at radius 2 is 0.368 bits per heavy atom. The Morgan fingerprint density at radius 3 is 0.421 bits per heavy atom. The van der Waals surface area contributed by atoms with Crippen LogP contribution in [0.4, 0.5) is 0 Å². The molecule has 0 spiro atoms. The molecule has 0 aliphatic carbocycles. The van der Waals surface area contributed by atoms with Gasteiger partial charge in [-0.25, -0.2) is 28.8 Å². The Balaban J connectivity index is 0. The fourth-order valence-corrected chi connectivity index (χ4v) is 2.27. The van der Waals surface area contributed by atoms with Crippen molar-refractivity contribution in [1.29, 1.82) is 0 Å². The van der Waals surface area contributed by atoms with Gasteiger partial charge in [0.2, 0.25) is 0 Å². The molecule has 0 fully saturated rings. The van der Waals surface area contributed by atoms with E-state index in [-0.39, 0.29) is 132 Å².